The predicted octanol–water partition coefficient (Wildman–Crippen LogP) is 13.4. The van der Waals surface area contributed by atoms with Crippen molar-refractivity contribution in [1.29, 1.82) is 15.9 Å². The Morgan fingerprint density at radius 3 is 1.78 bits per heavy atom. The van der Waals surface area contributed by atoms with Gasteiger partial charge in [0, 0.05) is 77.2 Å². The first kappa shape index (κ1) is 51.9. The highest BCUT2D eigenvalue weighted by Gasteiger charge is 2.71. The van der Waals surface area contributed by atoms with Gasteiger partial charge < -0.3 is 20.5 Å². The van der Waals surface area contributed by atoms with Gasteiger partial charge in [0.2, 0.25) is 0 Å². The summed E-state index contributed by atoms with van der Waals surface area (Å²) in [5, 5.41) is 34.7. The molecular weight excluding hydrogens is 975 g/mol. The Bertz CT molecular complexity index is 3650. The first-order valence-electron chi connectivity index (χ1n) is 26.0. The number of hydrogen-bond donors (Lipinski definition) is 2. The summed E-state index contributed by atoms with van der Waals surface area (Å²) in [4.78, 5) is 29.4. The van der Waals surface area contributed by atoms with E-state index in [0.717, 1.165) is 69.6 Å². The number of amides is 2. The molecule has 12 heteroatoms. The summed E-state index contributed by atoms with van der Waals surface area (Å²) in [6.45, 7) is 7.19. The third kappa shape index (κ3) is 11.2. The normalized spacial score (nSPS) is 18.9. The molecule has 5 atom stereocenters. The summed E-state index contributed by atoms with van der Waals surface area (Å²) in [6.07, 6.45) is 4.46. The smallest absolute Gasteiger partial charge is 0.253 e. The van der Waals surface area contributed by atoms with Crippen molar-refractivity contribution < 1.29 is 18.4 Å². The number of nitrogens with one attached hydrogen (secondary N) is 2. The van der Waals surface area contributed by atoms with Gasteiger partial charge in [-0.3, -0.25) is 9.59 Å². The van der Waals surface area contributed by atoms with Crippen LogP contribution in [0.15, 0.2) is 200 Å². The van der Waals surface area contributed by atoms with Crippen LogP contribution in [0.2, 0.25) is 0 Å². The molecule has 0 radical (unpaired) electrons. The van der Waals surface area contributed by atoms with Gasteiger partial charge >= 0.3 is 0 Å². The Kier molecular flexibility index (Phi) is 15.2. The van der Waals surface area contributed by atoms with E-state index in [4.69, 9.17) is 15.9 Å². The molecule has 2 N–H and O–H groups in total. The molecule has 78 heavy (non-hydrogen) atoms. The standard InChI is InChI=1S/C33H27FN4O.C14H11FN2.C13H12N2O.C6H6/c1-21-15-30(37-27-13-11-26(34)12-14-27)25(18-36)16-28(21)33-20-38(32(39)24-9-7-22(17-35)8-10-24)19-29(33)31(33)23-5-3-2-4-6-23;1-10-2-3-11-9-16-17(14(11)8-10)13-6-4-12(15)5-7-13;14-6-9-1-3-10(4-2-9)13(16)15-7-11-5-12(11)8-15;1-2-4-6-5-3-1/h2-16,18,29,31,36-37H,19-20H2,1H3;2-9H,1H3;1-4,11-12H,5,7-8H2;1-6H. The zero-order valence-electron chi connectivity index (χ0n) is 43.2. The largest absolute Gasteiger partial charge is 0.355 e. The molecule has 386 valence electrons. The fraction of sp³-hybridized carbons (Fsp3) is 0.182. The number of carbonyl (C=O) groups excluding carboxylic acids is 2. The minimum absolute atomic E-state index is 0.0302. The number of aromatic nitrogens is 2. The van der Waals surface area contributed by atoms with Gasteiger partial charge in [0.1, 0.15) is 11.6 Å². The topological polar surface area (TPSA) is 142 Å². The van der Waals surface area contributed by atoms with E-state index in [1.807, 2.05) is 76.1 Å². The maximum absolute atomic E-state index is 13.5. The number of carbonyl (C=O) groups is 2. The van der Waals surface area contributed by atoms with Crippen molar-refractivity contribution in [3.05, 3.63) is 262 Å². The van der Waals surface area contributed by atoms with Gasteiger partial charge in [-0.1, -0.05) is 78.9 Å². The average Bonchev–Trinajstić information content (AvgIpc) is 4.26. The molecule has 2 saturated carbocycles. The Balaban J connectivity index is 0.000000143. The molecule has 2 aliphatic heterocycles. The van der Waals surface area contributed by atoms with Gasteiger partial charge in [-0.15, -0.1) is 0 Å². The molecule has 4 fully saturated rings. The van der Waals surface area contributed by atoms with Gasteiger partial charge in [-0.25, -0.2) is 13.5 Å². The molecular formula is C66H56F2N8O2. The van der Waals surface area contributed by atoms with E-state index in [2.05, 4.69) is 78.0 Å². The molecule has 13 rings (SSSR count). The van der Waals surface area contributed by atoms with Crippen LogP contribution < -0.4 is 5.32 Å². The number of nitriles is 2. The SMILES string of the molecule is Cc1cc(Nc2ccc(F)cc2)c(C=N)cc1C12CN(C(=O)c3ccc(C#N)cc3)CC1C2c1ccccc1.Cc1ccc2cnn(-c3ccc(F)cc3)c2c1.N#Cc1ccc(C(=O)N2CC3CC3C2)cc1.c1ccccc1. The van der Waals surface area contributed by atoms with Crippen LogP contribution in [0.1, 0.15) is 72.0 Å². The van der Waals surface area contributed by atoms with E-state index >= 15 is 0 Å². The molecule has 2 amide bonds. The van der Waals surface area contributed by atoms with Crippen molar-refractivity contribution in [3.63, 3.8) is 0 Å². The summed E-state index contributed by atoms with van der Waals surface area (Å²) in [5.74, 6) is 1.61. The molecule has 2 saturated heterocycles. The number of halogens is 2. The molecule has 0 bridgehead atoms. The zero-order chi connectivity index (χ0) is 54.3. The molecule has 9 aromatic rings. The maximum Gasteiger partial charge on any atom is 0.253 e. The highest BCUT2D eigenvalue weighted by molar-refractivity contribution is 5.96. The number of hydrogen-bond acceptors (Lipinski definition) is 7. The Morgan fingerprint density at radius 1 is 0.667 bits per heavy atom. The van der Waals surface area contributed by atoms with E-state index in [0.29, 0.717) is 35.3 Å². The molecule has 8 aromatic carbocycles. The molecule has 2 aliphatic carbocycles. The predicted molar refractivity (Wildman–Crippen MR) is 301 cm³/mol. The van der Waals surface area contributed by atoms with Crippen LogP contribution in [0.4, 0.5) is 20.2 Å². The van der Waals surface area contributed by atoms with Gasteiger partial charge in [-0.2, -0.15) is 15.6 Å². The Labute approximate surface area is 453 Å². The van der Waals surface area contributed by atoms with Crippen molar-refractivity contribution >= 4 is 40.3 Å². The number of rotatable bonds is 8. The first-order chi connectivity index (χ1) is 38.0. The van der Waals surface area contributed by atoms with Gasteiger partial charge in [0.15, 0.2) is 0 Å². The fourth-order valence-electron chi connectivity index (χ4n) is 11.2. The number of likely N-dealkylation sites (tertiary alicyclic amines) is 2. The number of benzene rings is 8. The lowest BCUT2D eigenvalue weighted by Crippen LogP contribution is -2.34. The van der Waals surface area contributed by atoms with Crippen LogP contribution in [0, 0.1) is 71.3 Å². The summed E-state index contributed by atoms with van der Waals surface area (Å²) in [5.41, 5.74) is 11.0. The van der Waals surface area contributed by atoms with Crippen LogP contribution in [0.25, 0.3) is 16.6 Å². The lowest BCUT2D eigenvalue weighted by atomic mass is 9.85. The molecule has 5 unspecified atom stereocenters. The van der Waals surface area contributed by atoms with E-state index in [-0.39, 0.29) is 40.7 Å². The Hall–Kier alpha value is -9.52. The van der Waals surface area contributed by atoms with Crippen LogP contribution in [-0.2, 0) is 5.41 Å². The third-order valence-corrected chi connectivity index (χ3v) is 15.3. The van der Waals surface area contributed by atoms with Gasteiger partial charge in [-0.05, 0) is 176 Å². The van der Waals surface area contributed by atoms with Crippen molar-refractivity contribution in [2.24, 2.45) is 17.8 Å². The molecule has 1 aromatic heterocycles. The minimum Gasteiger partial charge on any atom is -0.355 e. The maximum atomic E-state index is 13.5. The number of fused-ring (bicyclic) bond motifs is 3. The summed E-state index contributed by atoms with van der Waals surface area (Å²) in [6, 6.07) is 63.1. The van der Waals surface area contributed by atoms with Crippen molar-refractivity contribution in [2.75, 3.05) is 31.5 Å². The molecule has 0 spiro atoms. The third-order valence-electron chi connectivity index (χ3n) is 15.3. The minimum atomic E-state index is -0.300. The van der Waals surface area contributed by atoms with Crippen LogP contribution in [0.5, 0.6) is 0 Å². The van der Waals surface area contributed by atoms with E-state index in [9.17, 15) is 18.4 Å². The summed E-state index contributed by atoms with van der Waals surface area (Å²) < 4.78 is 28.1. The van der Waals surface area contributed by atoms with Crippen LogP contribution in [-0.4, -0.2) is 63.8 Å². The highest BCUT2D eigenvalue weighted by atomic mass is 19.1. The Morgan fingerprint density at radius 2 is 1.22 bits per heavy atom. The number of nitrogens with zero attached hydrogens (tertiary/aromatic N) is 6. The summed E-state index contributed by atoms with van der Waals surface area (Å²) >= 11 is 0. The lowest BCUT2D eigenvalue weighted by Gasteiger charge is -2.26. The van der Waals surface area contributed by atoms with E-state index in [1.165, 1.54) is 48.0 Å². The highest BCUT2D eigenvalue weighted by Crippen LogP contribution is 2.70. The number of aryl methyl sites for hydroxylation is 2. The quantitative estimate of drug-likeness (QED) is 0.145. The number of piperidine rings is 2. The molecule has 10 nitrogen and oxygen atoms in total. The van der Waals surface area contributed by atoms with Crippen molar-refractivity contribution in [3.8, 4) is 17.8 Å². The summed E-state index contributed by atoms with van der Waals surface area (Å²) in [7, 11) is 0. The average molecular weight is 1030 g/mol. The van der Waals surface area contributed by atoms with Gasteiger partial charge in [0.05, 0.1) is 40.7 Å². The van der Waals surface area contributed by atoms with Crippen molar-refractivity contribution in [2.45, 2.75) is 31.6 Å². The second kappa shape index (κ2) is 22.8. The van der Waals surface area contributed by atoms with E-state index < -0.39 is 0 Å². The molecule has 4 aliphatic rings. The van der Waals surface area contributed by atoms with Crippen LogP contribution in [0.3, 0.4) is 0 Å². The monoisotopic (exact) mass is 1030 g/mol. The second-order valence-electron chi connectivity index (χ2n) is 20.3. The lowest BCUT2D eigenvalue weighted by molar-refractivity contribution is 0.0764. The van der Waals surface area contributed by atoms with E-state index in [1.54, 1.807) is 72.8 Å². The zero-order valence-corrected chi connectivity index (χ0v) is 43.2. The van der Waals surface area contributed by atoms with Gasteiger partial charge in [0.25, 0.3) is 11.8 Å². The fourth-order valence-corrected chi connectivity index (χ4v) is 11.2. The second-order valence-corrected chi connectivity index (χ2v) is 20.3. The first-order valence-corrected chi connectivity index (χ1v) is 26.0. The van der Waals surface area contributed by atoms with Crippen molar-refractivity contribution in [1.82, 2.24) is 19.6 Å². The molecule has 3 heterocycles. The number of anilines is 2. The van der Waals surface area contributed by atoms with Crippen LogP contribution >= 0.6 is 0 Å².